The van der Waals surface area contributed by atoms with Gasteiger partial charge in [0.15, 0.2) is 0 Å². The van der Waals surface area contributed by atoms with Crippen molar-refractivity contribution in [1.29, 1.82) is 0 Å². The fraction of sp³-hybridized carbons (Fsp3) is 0.250. The summed E-state index contributed by atoms with van der Waals surface area (Å²) in [7, 11) is 0. The second-order valence-electron chi connectivity index (χ2n) is 9.02. The molecule has 0 atom stereocenters. The van der Waals surface area contributed by atoms with Gasteiger partial charge in [-0.2, -0.15) is 0 Å². The van der Waals surface area contributed by atoms with E-state index in [4.69, 9.17) is 4.74 Å². The quantitative estimate of drug-likeness (QED) is 0.395. The molecule has 0 bridgehead atoms. The Labute approximate surface area is 202 Å². The number of phenols is 2. The molecule has 0 radical (unpaired) electrons. The number of fused-ring (bicyclic) bond motifs is 1. The molecule has 4 aromatic rings. The maximum absolute atomic E-state index is 13.7. The van der Waals surface area contributed by atoms with E-state index >= 15 is 0 Å². The number of halogens is 1. The predicted octanol–water partition coefficient (Wildman–Crippen LogP) is 5.00. The van der Waals surface area contributed by atoms with Crippen LogP contribution >= 0.6 is 0 Å². The van der Waals surface area contributed by atoms with Crippen molar-refractivity contribution in [2.75, 3.05) is 32.9 Å². The van der Waals surface area contributed by atoms with Crippen molar-refractivity contribution >= 4 is 16.8 Å². The van der Waals surface area contributed by atoms with Crippen LogP contribution in [0.1, 0.15) is 15.9 Å². The number of carbonyl (C=O) groups excluding carboxylic acids is 1. The van der Waals surface area contributed by atoms with Gasteiger partial charge in [0.1, 0.15) is 23.9 Å². The SMILES string of the molecule is Cc1c(-c2ccc(O)cc2)n(C(=O)c2ccc(OCCN3CC(CF)C3)cc2)c2ccc(O)cc12. The Balaban J connectivity index is 1.41. The molecule has 0 amide bonds. The molecule has 1 aromatic heterocycles. The lowest BCUT2D eigenvalue weighted by atomic mass is 10.0. The van der Waals surface area contributed by atoms with Crippen molar-refractivity contribution in [3.8, 4) is 28.5 Å². The first kappa shape index (κ1) is 22.9. The first-order chi connectivity index (χ1) is 16.9. The zero-order valence-electron chi connectivity index (χ0n) is 19.4. The van der Waals surface area contributed by atoms with Crippen LogP contribution in [0.4, 0.5) is 4.39 Å². The second-order valence-corrected chi connectivity index (χ2v) is 9.02. The van der Waals surface area contributed by atoms with E-state index in [1.807, 2.05) is 6.92 Å². The maximum atomic E-state index is 13.7. The second kappa shape index (κ2) is 9.43. The molecule has 180 valence electrons. The summed E-state index contributed by atoms with van der Waals surface area (Å²) in [5, 5.41) is 20.5. The van der Waals surface area contributed by atoms with E-state index in [-0.39, 0.29) is 30.0 Å². The van der Waals surface area contributed by atoms with Crippen LogP contribution in [0.3, 0.4) is 0 Å². The standard InChI is InChI=1S/C28H27FN2O4/c1-18-25-14-23(33)8-11-26(25)31(27(18)20-2-6-22(32)7-3-20)28(34)21-4-9-24(10-5-21)35-13-12-30-16-19(15-29)17-30/h2-11,14,19,32-33H,12-13,15-17H2,1H3. The molecule has 35 heavy (non-hydrogen) atoms. The zero-order valence-corrected chi connectivity index (χ0v) is 19.4. The molecule has 7 heteroatoms. The summed E-state index contributed by atoms with van der Waals surface area (Å²) in [6.07, 6.45) is 0. The molecule has 1 aliphatic rings. The molecule has 1 saturated heterocycles. The highest BCUT2D eigenvalue weighted by Crippen LogP contribution is 2.36. The van der Waals surface area contributed by atoms with Gasteiger partial charge in [-0.15, -0.1) is 0 Å². The van der Waals surface area contributed by atoms with E-state index in [0.717, 1.165) is 36.1 Å². The lowest BCUT2D eigenvalue weighted by Gasteiger charge is -2.37. The fourth-order valence-electron chi connectivity index (χ4n) is 4.68. The van der Waals surface area contributed by atoms with Gasteiger partial charge in [0.25, 0.3) is 5.91 Å². The van der Waals surface area contributed by atoms with Gasteiger partial charge in [-0.05, 0) is 84.8 Å². The van der Waals surface area contributed by atoms with Crippen molar-refractivity contribution in [1.82, 2.24) is 9.47 Å². The Morgan fingerprint density at radius 2 is 1.69 bits per heavy atom. The van der Waals surface area contributed by atoms with E-state index < -0.39 is 0 Å². The lowest BCUT2D eigenvalue weighted by Crippen LogP contribution is -2.49. The van der Waals surface area contributed by atoms with Crippen LogP contribution in [0.15, 0.2) is 66.7 Å². The summed E-state index contributed by atoms with van der Waals surface area (Å²) in [6.45, 7) is 4.45. The molecular weight excluding hydrogens is 447 g/mol. The number of phenolic OH excluding ortho intramolecular Hbond substituents is 2. The first-order valence-corrected chi connectivity index (χ1v) is 11.6. The van der Waals surface area contributed by atoms with Crippen LogP contribution in [-0.2, 0) is 0 Å². The molecule has 5 rings (SSSR count). The third kappa shape index (κ3) is 4.47. The topological polar surface area (TPSA) is 74.9 Å². The Morgan fingerprint density at radius 3 is 2.37 bits per heavy atom. The van der Waals surface area contributed by atoms with Gasteiger partial charge in [-0.1, -0.05) is 0 Å². The molecule has 1 fully saturated rings. The van der Waals surface area contributed by atoms with E-state index in [1.165, 1.54) is 0 Å². The summed E-state index contributed by atoms with van der Waals surface area (Å²) in [4.78, 5) is 15.9. The number of likely N-dealkylation sites (tertiary alicyclic amines) is 1. The highest BCUT2D eigenvalue weighted by Gasteiger charge is 2.26. The van der Waals surface area contributed by atoms with Crippen LogP contribution in [0, 0.1) is 12.8 Å². The van der Waals surface area contributed by atoms with Gasteiger partial charge in [0, 0.05) is 36.5 Å². The predicted molar refractivity (Wildman–Crippen MR) is 133 cm³/mol. The van der Waals surface area contributed by atoms with Gasteiger partial charge in [-0.25, -0.2) is 0 Å². The Bertz CT molecular complexity index is 1360. The minimum Gasteiger partial charge on any atom is -0.508 e. The van der Waals surface area contributed by atoms with Crippen molar-refractivity contribution in [2.24, 2.45) is 5.92 Å². The Morgan fingerprint density at radius 1 is 1.00 bits per heavy atom. The summed E-state index contributed by atoms with van der Waals surface area (Å²) in [5.41, 5.74) is 3.53. The molecule has 6 nitrogen and oxygen atoms in total. The van der Waals surface area contributed by atoms with Gasteiger partial charge in [0.2, 0.25) is 0 Å². The van der Waals surface area contributed by atoms with Crippen LogP contribution in [0.25, 0.3) is 22.2 Å². The molecule has 0 saturated carbocycles. The fourth-order valence-corrected chi connectivity index (χ4v) is 4.68. The van der Waals surface area contributed by atoms with Crippen molar-refractivity contribution in [3.05, 3.63) is 77.9 Å². The highest BCUT2D eigenvalue weighted by molar-refractivity contribution is 6.07. The number of ether oxygens (including phenoxy) is 1. The van der Waals surface area contributed by atoms with E-state index in [0.29, 0.717) is 29.1 Å². The van der Waals surface area contributed by atoms with Crippen LogP contribution in [0.5, 0.6) is 17.2 Å². The summed E-state index contributed by atoms with van der Waals surface area (Å²) in [6, 6.07) is 18.7. The first-order valence-electron chi connectivity index (χ1n) is 11.6. The third-order valence-electron chi connectivity index (χ3n) is 6.58. The molecule has 0 unspecified atom stereocenters. The van der Waals surface area contributed by atoms with Crippen molar-refractivity contribution in [2.45, 2.75) is 6.92 Å². The number of carbonyl (C=O) groups is 1. The Hall–Kier alpha value is -3.84. The zero-order chi connectivity index (χ0) is 24.5. The number of hydrogen-bond acceptors (Lipinski definition) is 5. The van der Waals surface area contributed by atoms with Crippen molar-refractivity contribution in [3.63, 3.8) is 0 Å². The van der Waals surface area contributed by atoms with Gasteiger partial charge < -0.3 is 14.9 Å². The summed E-state index contributed by atoms with van der Waals surface area (Å²) >= 11 is 0. The maximum Gasteiger partial charge on any atom is 0.262 e. The average molecular weight is 475 g/mol. The molecule has 2 N–H and O–H groups in total. The van der Waals surface area contributed by atoms with E-state index in [1.54, 1.807) is 71.3 Å². The molecule has 0 spiro atoms. The van der Waals surface area contributed by atoms with E-state index in [2.05, 4.69) is 4.90 Å². The summed E-state index contributed by atoms with van der Waals surface area (Å²) < 4.78 is 20.0. The number of alkyl halides is 1. The number of aromatic nitrogens is 1. The largest absolute Gasteiger partial charge is 0.508 e. The van der Waals surface area contributed by atoms with Gasteiger partial charge in [0.05, 0.1) is 17.9 Å². The molecular formula is C28H27FN2O4. The number of aromatic hydroxyl groups is 2. The van der Waals surface area contributed by atoms with Crippen LogP contribution < -0.4 is 4.74 Å². The average Bonchev–Trinajstić information content (AvgIpc) is 3.12. The molecule has 1 aliphatic heterocycles. The number of hydrogen-bond donors (Lipinski definition) is 2. The van der Waals surface area contributed by atoms with Crippen LogP contribution in [0.2, 0.25) is 0 Å². The van der Waals surface area contributed by atoms with Gasteiger partial charge in [-0.3, -0.25) is 18.7 Å². The Kier molecular flexibility index (Phi) is 6.17. The highest BCUT2D eigenvalue weighted by atomic mass is 19.1. The smallest absolute Gasteiger partial charge is 0.262 e. The normalized spacial score (nSPS) is 14.2. The van der Waals surface area contributed by atoms with E-state index in [9.17, 15) is 19.4 Å². The number of rotatable bonds is 7. The summed E-state index contributed by atoms with van der Waals surface area (Å²) in [5.74, 6) is 0.888. The monoisotopic (exact) mass is 474 g/mol. The number of benzene rings is 3. The van der Waals surface area contributed by atoms with Crippen LogP contribution in [-0.4, -0.2) is 58.5 Å². The number of nitrogens with zero attached hydrogens (tertiary/aromatic N) is 2. The molecule has 3 aromatic carbocycles. The number of aryl methyl sites for hydroxylation is 1. The molecule has 2 heterocycles. The minimum absolute atomic E-state index is 0.127. The van der Waals surface area contributed by atoms with Crippen molar-refractivity contribution < 1.29 is 24.1 Å². The van der Waals surface area contributed by atoms with Gasteiger partial charge >= 0.3 is 0 Å². The lowest BCUT2D eigenvalue weighted by molar-refractivity contribution is 0.0668. The molecule has 0 aliphatic carbocycles. The minimum atomic E-state index is -0.265. The third-order valence-corrected chi connectivity index (χ3v) is 6.58.